The van der Waals surface area contributed by atoms with Gasteiger partial charge in [-0.25, -0.2) is 0 Å². The standard InChI is InChI=1S/C8H16O3S/c9-12-10-7-5-3-1-2-4-6-8-11-12/h1-8H2. The summed E-state index contributed by atoms with van der Waals surface area (Å²) in [4.78, 5) is 0. The lowest BCUT2D eigenvalue weighted by atomic mass is 10.1. The molecule has 0 aromatic heterocycles. The molecule has 1 heterocycles. The minimum absolute atomic E-state index is 0.562. The van der Waals surface area contributed by atoms with E-state index < -0.39 is 11.4 Å². The minimum Gasteiger partial charge on any atom is -0.268 e. The number of hydrogen-bond donors (Lipinski definition) is 0. The number of rotatable bonds is 0. The van der Waals surface area contributed by atoms with Gasteiger partial charge in [-0.2, -0.15) is 4.21 Å². The van der Waals surface area contributed by atoms with Gasteiger partial charge >= 0.3 is 11.4 Å². The summed E-state index contributed by atoms with van der Waals surface area (Å²) in [5.74, 6) is 0. The predicted octanol–water partition coefficient (Wildman–Crippen LogP) is 1.95. The van der Waals surface area contributed by atoms with E-state index in [2.05, 4.69) is 0 Å². The molecular formula is C8H16O3S. The van der Waals surface area contributed by atoms with E-state index in [1.165, 1.54) is 25.7 Å². The van der Waals surface area contributed by atoms with E-state index in [4.69, 9.17) is 8.37 Å². The van der Waals surface area contributed by atoms with Crippen molar-refractivity contribution in [2.75, 3.05) is 13.2 Å². The van der Waals surface area contributed by atoms with Crippen LogP contribution in [0.2, 0.25) is 0 Å². The third-order valence-corrected chi connectivity index (χ3v) is 2.62. The fourth-order valence-corrected chi connectivity index (χ4v) is 1.78. The summed E-state index contributed by atoms with van der Waals surface area (Å²) in [6.45, 7) is 1.12. The molecule has 0 radical (unpaired) electrons. The zero-order valence-electron chi connectivity index (χ0n) is 7.29. The molecule has 0 aromatic rings. The van der Waals surface area contributed by atoms with Gasteiger partial charge in [0, 0.05) is 0 Å². The molecule has 0 N–H and O–H groups in total. The smallest absolute Gasteiger partial charge is 0.268 e. The van der Waals surface area contributed by atoms with Gasteiger partial charge in [-0.3, -0.25) is 8.37 Å². The van der Waals surface area contributed by atoms with Crippen molar-refractivity contribution in [3.05, 3.63) is 0 Å². The van der Waals surface area contributed by atoms with E-state index in [-0.39, 0.29) is 0 Å². The zero-order valence-corrected chi connectivity index (χ0v) is 8.11. The first-order chi connectivity index (χ1) is 5.89. The Morgan fingerprint density at radius 1 is 0.750 bits per heavy atom. The first kappa shape index (κ1) is 10.2. The van der Waals surface area contributed by atoms with Crippen molar-refractivity contribution in [1.29, 1.82) is 0 Å². The third-order valence-electron chi connectivity index (χ3n) is 1.90. The van der Waals surface area contributed by atoms with E-state index in [1.807, 2.05) is 0 Å². The van der Waals surface area contributed by atoms with E-state index in [0.29, 0.717) is 13.2 Å². The number of hydrogen-bond acceptors (Lipinski definition) is 3. The van der Waals surface area contributed by atoms with Gasteiger partial charge in [-0.15, -0.1) is 0 Å². The molecule has 0 bridgehead atoms. The molecule has 3 nitrogen and oxygen atoms in total. The van der Waals surface area contributed by atoms with Gasteiger partial charge in [0.05, 0.1) is 13.2 Å². The molecular weight excluding hydrogens is 176 g/mol. The van der Waals surface area contributed by atoms with Crippen molar-refractivity contribution in [3.63, 3.8) is 0 Å². The average Bonchev–Trinajstić information content (AvgIpc) is 2.11. The molecule has 1 fully saturated rings. The molecule has 4 heteroatoms. The van der Waals surface area contributed by atoms with Crippen LogP contribution in [0.1, 0.15) is 38.5 Å². The second-order valence-corrected chi connectivity index (χ2v) is 3.85. The molecule has 0 aliphatic carbocycles. The van der Waals surface area contributed by atoms with E-state index in [9.17, 15) is 4.21 Å². The van der Waals surface area contributed by atoms with E-state index in [1.54, 1.807) is 0 Å². The van der Waals surface area contributed by atoms with Gasteiger partial charge in [0.2, 0.25) is 0 Å². The van der Waals surface area contributed by atoms with Gasteiger partial charge in [-0.1, -0.05) is 25.7 Å². The van der Waals surface area contributed by atoms with Gasteiger partial charge in [-0.05, 0) is 12.8 Å². The van der Waals surface area contributed by atoms with Gasteiger partial charge in [0.25, 0.3) is 0 Å². The molecule has 0 atom stereocenters. The highest BCUT2D eigenvalue weighted by Gasteiger charge is 2.02. The molecule has 1 aliphatic rings. The monoisotopic (exact) mass is 192 g/mol. The first-order valence-corrected chi connectivity index (χ1v) is 5.58. The summed E-state index contributed by atoms with van der Waals surface area (Å²) in [7, 11) is 0. The fourth-order valence-electron chi connectivity index (χ4n) is 1.20. The van der Waals surface area contributed by atoms with Crippen molar-refractivity contribution in [2.24, 2.45) is 0 Å². The van der Waals surface area contributed by atoms with Crippen molar-refractivity contribution in [3.8, 4) is 0 Å². The van der Waals surface area contributed by atoms with Crippen LogP contribution in [0.3, 0.4) is 0 Å². The molecule has 0 amide bonds. The second-order valence-electron chi connectivity index (χ2n) is 2.97. The molecule has 0 unspecified atom stereocenters. The normalized spacial score (nSPS) is 24.7. The van der Waals surface area contributed by atoms with Crippen molar-refractivity contribution in [1.82, 2.24) is 0 Å². The van der Waals surface area contributed by atoms with E-state index >= 15 is 0 Å². The average molecular weight is 192 g/mol. The van der Waals surface area contributed by atoms with Crippen LogP contribution >= 0.6 is 0 Å². The van der Waals surface area contributed by atoms with Crippen LogP contribution in [0.15, 0.2) is 0 Å². The lowest BCUT2D eigenvalue weighted by Crippen LogP contribution is -2.03. The Labute approximate surface area is 76.3 Å². The molecule has 12 heavy (non-hydrogen) atoms. The highest BCUT2D eigenvalue weighted by atomic mass is 32.2. The van der Waals surface area contributed by atoms with E-state index in [0.717, 1.165) is 12.8 Å². The summed E-state index contributed by atoms with van der Waals surface area (Å²) >= 11 is -1.50. The highest BCUT2D eigenvalue weighted by molar-refractivity contribution is 7.75. The van der Waals surface area contributed by atoms with Crippen LogP contribution in [0.25, 0.3) is 0 Å². The van der Waals surface area contributed by atoms with Crippen molar-refractivity contribution >= 4 is 11.4 Å². The maximum absolute atomic E-state index is 10.9. The summed E-state index contributed by atoms with van der Waals surface area (Å²) < 4.78 is 20.7. The van der Waals surface area contributed by atoms with Crippen LogP contribution in [0, 0.1) is 0 Å². The van der Waals surface area contributed by atoms with Crippen LogP contribution in [-0.4, -0.2) is 17.4 Å². The zero-order chi connectivity index (χ0) is 8.65. The largest absolute Gasteiger partial charge is 0.304 e. The predicted molar refractivity (Wildman–Crippen MR) is 47.7 cm³/mol. The molecule has 72 valence electrons. The Balaban J connectivity index is 2.17. The third kappa shape index (κ3) is 4.85. The minimum atomic E-state index is -1.50. The van der Waals surface area contributed by atoms with Gasteiger partial charge in [0.15, 0.2) is 0 Å². The Morgan fingerprint density at radius 2 is 1.17 bits per heavy atom. The Kier molecular flexibility index (Phi) is 5.56. The van der Waals surface area contributed by atoms with Crippen molar-refractivity contribution < 1.29 is 12.6 Å². The Bertz CT molecular complexity index is 124. The van der Waals surface area contributed by atoms with Crippen LogP contribution in [0.5, 0.6) is 0 Å². The van der Waals surface area contributed by atoms with Crippen LogP contribution in [-0.2, 0) is 19.7 Å². The summed E-state index contributed by atoms with van der Waals surface area (Å²) in [6, 6.07) is 0. The van der Waals surface area contributed by atoms with Gasteiger partial charge < -0.3 is 0 Å². The maximum atomic E-state index is 10.9. The summed E-state index contributed by atoms with van der Waals surface area (Å²) in [5.41, 5.74) is 0. The van der Waals surface area contributed by atoms with Crippen molar-refractivity contribution in [2.45, 2.75) is 38.5 Å². The maximum Gasteiger partial charge on any atom is 0.304 e. The fraction of sp³-hybridized carbons (Fsp3) is 1.00. The Hall–Kier alpha value is 0.0700. The quantitative estimate of drug-likeness (QED) is 0.588. The first-order valence-electron chi connectivity index (χ1n) is 4.58. The summed E-state index contributed by atoms with van der Waals surface area (Å²) in [6.07, 6.45) is 6.87. The lowest BCUT2D eigenvalue weighted by Gasteiger charge is -2.00. The molecule has 1 rings (SSSR count). The molecule has 0 aromatic carbocycles. The SMILES string of the molecule is O=S1OCCCCCCCCO1. The molecule has 0 saturated carbocycles. The van der Waals surface area contributed by atoms with Crippen LogP contribution in [0.4, 0.5) is 0 Å². The molecule has 1 aliphatic heterocycles. The topological polar surface area (TPSA) is 35.5 Å². The molecule has 1 saturated heterocycles. The lowest BCUT2D eigenvalue weighted by molar-refractivity contribution is 0.246. The second kappa shape index (κ2) is 6.57. The highest BCUT2D eigenvalue weighted by Crippen LogP contribution is 2.08. The Morgan fingerprint density at radius 3 is 1.67 bits per heavy atom. The van der Waals surface area contributed by atoms with Crippen LogP contribution < -0.4 is 0 Å². The van der Waals surface area contributed by atoms with Gasteiger partial charge in [0.1, 0.15) is 0 Å². The summed E-state index contributed by atoms with van der Waals surface area (Å²) in [5, 5.41) is 0. The molecule has 0 spiro atoms.